The van der Waals surface area contributed by atoms with Crippen LogP contribution < -0.4 is 20.7 Å². The van der Waals surface area contributed by atoms with Gasteiger partial charge in [0.15, 0.2) is 0 Å². The number of carbonyl (C=O) groups excluding carboxylic acids is 2. The van der Waals surface area contributed by atoms with Gasteiger partial charge in [-0.05, 0) is 31.4 Å². The maximum Gasteiger partial charge on any atom is 0.573 e. The number of ether oxygens (including phenoxy) is 1. The Kier molecular flexibility index (Phi) is 3.90. The number of carbonyl (C=O) groups is 2. The van der Waals surface area contributed by atoms with Crippen molar-refractivity contribution in [2.45, 2.75) is 37.2 Å². The largest absolute Gasteiger partial charge is 0.573 e. The van der Waals surface area contributed by atoms with Crippen molar-refractivity contribution in [3.8, 4) is 5.75 Å². The minimum atomic E-state index is -4.80. The zero-order chi connectivity index (χ0) is 17.5. The molecule has 0 aromatic heterocycles. The first-order valence-electron chi connectivity index (χ1n) is 7.45. The Morgan fingerprint density at radius 2 is 2.08 bits per heavy atom. The molecule has 1 aromatic carbocycles. The third kappa shape index (κ3) is 3.45. The van der Waals surface area contributed by atoms with Gasteiger partial charge in [0.25, 0.3) is 0 Å². The Balaban J connectivity index is 1.69. The van der Waals surface area contributed by atoms with E-state index in [-0.39, 0.29) is 24.0 Å². The van der Waals surface area contributed by atoms with Gasteiger partial charge in [-0.25, -0.2) is 0 Å². The minimum absolute atomic E-state index is 0.285. The van der Waals surface area contributed by atoms with Gasteiger partial charge in [0, 0.05) is 18.3 Å². The zero-order valence-corrected chi connectivity index (χ0v) is 12.6. The molecule has 0 spiro atoms. The van der Waals surface area contributed by atoms with E-state index in [1.165, 1.54) is 17.0 Å². The normalized spacial score (nSPS) is 22.4. The van der Waals surface area contributed by atoms with E-state index in [0.717, 1.165) is 12.1 Å². The van der Waals surface area contributed by atoms with E-state index in [1.54, 1.807) is 0 Å². The Morgan fingerprint density at radius 1 is 1.38 bits per heavy atom. The monoisotopic (exact) mass is 343 g/mol. The standard InChI is InChI=1S/C15H16F3N3O3/c16-15(17,18)24-10-3-1-2-9(8-10)21-7-4-11(12(21)22)20-13(23)14(19)5-6-14/h1-3,8,11H,4-7,19H2,(H,20,23). The highest BCUT2D eigenvalue weighted by Gasteiger charge is 2.47. The van der Waals surface area contributed by atoms with E-state index >= 15 is 0 Å². The van der Waals surface area contributed by atoms with Crippen LogP contribution >= 0.6 is 0 Å². The highest BCUT2D eigenvalue weighted by atomic mass is 19.4. The molecule has 24 heavy (non-hydrogen) atoms. The van der Waals surface area contributed by atoms with Crippen LogP contribution in [0.2, 0.25) is 0 Å². The fraction of sp³-hybridized carbons (Fsp3) is 0.467. The summed E-state index contributed by atoms with van der Waals surface area (Å²) in [7, 11) is 0. The Labute approximate surface area is 135 Å². The highest BCUT2D eigenvalue weighted by molar-refractivity contribution is 6.02. The first-order valence-corrected chi connectivity index (χ1v) is 7.45. The summed E-state index contributed by atoms with van der Waals surface area (Å²) in [5, 5.41) is 2.62. The number of hydrogen-bond acceptors (Lipinski definition) is 4. The molecule has 130 valence electrons. The Hall–Kier alpha value is -2.29. The molecule has 9 heteroatoms. The van der Waals surface area contributed by atoms with Gasteiger partial charge in [-0.1, -0.05) is 6.07 Å². The van der Waals surface area contributed by atoms with Gasteiger partial charge >= 0.3 is 6.36 Å². The quantitative estimate of drug-likeness (QED) is 0.863. The van der Waals surface area contributed by atoms with Crippen molar-refractivity contribution in [2.24, 2.45) is 5.73 Å². The third-order valence-corrected chi connectivity index (χ3v) is 4.11. The lowest BCUT2D eigenvalue weighted by molar-refractivity contribution is -0.274. The maximum atomic E-state index is 12.4. The van der Waals surface area contributed by atoms with Crippen molar-refractivity contribution in [2.75, 3.05) is 11.4 Å². The smallest absolute Gasteiger partial charge is 0.406 e. The van der Waals surface area contributed by atoms with Gasteiger partial charge in [-0.2, -0.15) is 0 Å². The van der Waals surface area contributed by atoms with E-state index in [9.17, 15) is 22.8 Å². The average Bonchev–Trinajstić information content (AvgIpc) is 3.14. The summed E-state index contributed by atoms with van der Waals surface area (Å²) in [5.41, 5.74) is 5.18. The summed E-state index contributed by atoms with van der Waals surface area (Å²) in [6.07, 6.45) is -3.27. The molecule has 0 bridgehead atoms. The fourth-order valence-corrected chi connectivity index (χ4v) is 2.58. The van der Waals surface area contributed by atoms with Crippen LogP contribution in [0, 0.1) is 0 Å². The summed E-state index contributed by atoms with van der Waals surface area (Å²) in [4.78, 5) is 25.6. The van der Waals surface area contributed by atoms with Gasteiger partial charge in [0.2, 0.25) is 11.8 Å². The molecule has 3 N–H and O–H groups in total. The second-order valence-electron chi connectivity index (χ2n) is 6.01. The molecule has 2 amide bonds. The van der Waals surface area contributed by atoms with Crippen LogP contribution in [0.25, 0.3) is 0 Å². The van der Waals surface area contributed by atoms with Gasteiger partial charge in [0.1, 0.15) is 11.8 Å². The number of hydrogen-bond donors (Lipinski definition) is 2. The van der Waals surface area contributed by atoms with Gasteiger partial charge in [0.05, 0.1) is 5.54 Å². The molecule has 1 heterocycles. The number of nitrogens with zero attached hydrogens (tertiary/aromatic N) is 1. The molecular weight excluding hydrogens is 327 g/mol. The van der Waals surface area contributed by atoms with Crippen molar-refractivity contribution in [3.05, 3.63) is 24.3 Å². The molecule has 2 fully saturated rings. The van der Waals surface area contributed by atoms with Gasteiger partial charge < -0.3 is 20.7 Å². The third-order valence-electron chi connectivity index (χ3n) is 4.11. The van der Waals surface area contributed by atoms with Crippen molar-refractivity contribution in [1.82, 2.24) is 5.32 Å². The predicted octanol–water partition coefficient (Wildman–Crippen LogP) is 1.30. The highest BCUT2D eigenvalue weighted by Crippen LogP contribution is 2.33. The molecule has 0 radical (unpaired) electrons. The van der Waals surface area contributed by atoms with E-state index in [0.29, 0.717) is 19.3 Å². The van der Waals surface area contributed by atoms with Crippen LogP contribution in [-0.4, -0.2) is 36.3 Å². The number of alkyl halides is 3. The van der Waals surface area contributed by atoms with Gasteiger partial charge in [-0.15, -0.1) is 13.2 Å². The topological polar surface area (TPSA) is 84.7 Å². The number of anilines is 1. The number of rotatable bonds is 4. The van der Waals surface area contributed by atoms with Crippen LogP contribution in [-0.2, 0) is 9.59 Å². The van der Waals surface area contributed by atoms with Crippen LogP contribution in [0.15, 0.2) is 24.3 Å². The van der Waals surface area contributed by atoms with E-state index in [2.05, 4.69) is 10.1 Å². The minimum Gasteiger partial charge on any atom is -0.406 e. The second kappa shape index (κ2) is 5.66. The molecule has 1 saturated carbocycles. The molecule has 1 aromatic rings. The lowest BCUT2D eigenvalue weighted by atomic mass is 10.2. The van der Waals surface area contributed by atoms with E-state index in [4.69, 9.17) is 5.73 Å². The Bertz CT molecular complexity index is 673. The second-order valence-corrected chi connectivity index (χ2v) is 6.01. The molecule has 1 aliphatic carbocycles. The molecule has 1 aliphatic heterocycles. The molecule has 1 atom stereocenters. The van der Waals surface area contributed by atoms with E-state index < -0.39 is 23.7 Å². The predicted molar refractivity (Wildman–Crippen MR) is 78.2 cm³/mol. The lowest BCUT2D eigenvalue weighted by Crippen LogP contribution is -2.49. The molecule has 1 saturated heterocycles. The summed E-state index contributed by atoms with van der Waals surface area (Å²) in [6.45, 7) is 0.289. The molecular formula is C15H16F3N3O3. The molecule has 1 unspecified atom stereocenters. The number of nitrogens with two attached hydrogens (primary N) is 1. The Morgan fingerprint density at radius 3 is 2.71 bits per heavy atom. The SMILES string of the molecule is NC1(C(=O)NC2CCN(c3cccc(OC(F)(F)F)c3)C2=O)CC1. The van der Waals surface area contributed by atoms with Crippen molar-refractivity contribution >= 4 is 17.5 Å². The van der Waals surface area contributed by atoms with Crippen LogP contribution in [0.1, 0.15) is 19.3 Å². The summed E-state index contributed by atoms with van der Waals surface area (Å²) in [6, 6.07) is 4.46. The van der Waals surface area contributed by atoms with Crippen LogP contribution in [0.3, 0.4) is 0 Å². The van der Waals surface area contributed by atoms with Gasteiger partial charge in [-0.3, -0.25) is 9.59 Å². The summed E-state index contributed by atoms with van der Waals surface area (Å²) in [5.74, 6) is -1.15. The first-order chi connectivity index (χ1) is 11.2. The fourth-order valence-electron chi connectivity index (χ4n) is 2.58. The average molecular weight is 343 g/mol. The van der Waals surface area contributed by atoms with Crippen LogP contribution in [0.4, 0.5) is 18.9 Å². The van der Waals surface area contributed by atoms with Crippen molar-refractivity contribution in [1.29, 1.82) is 0 Å². The molecule has 6 nitrogen and oxygen atoms in total. The first kappa shape index (κ1) is 16.6. The molecule has 3 rings (SSSR count). The number of amides is 2. The zero-order valence-electron chi connectivity index (χ0n) is 12.6. The number of benzene rings is 1. The van der Waals surface area contributed by atoms with Crippen molar-refractivity contribution < 1.29 is 27.5 Å². The maximum absolute atomic E-state index is 12.4. The van der Waals surface area contributed by atoms with E-state index in [1.807, 2.05) is 0 Å². The summed E-state index contributed by atoms with van der Waals surface area (Å²) < 4.78 is 40.7. The molecule has 2 aliphatic rings. The van der Waals surface area contributed by atoms with Crippen molar-refractivity contribution in [3.63, 3.8) is 0 Å². The van der Waals surface area contributed by atoms with Crippen LogP contribution in [0.5, 0.6) is 5.75 Å². The number of halogens is 3. The lowest BCUT2D eigenvalue weighted by Gasteiger charge is -2.19. The number of nitrogens with one attached hydrogen (secondary N) is 1. The summed E-state index contributed by atoms with van der Waals surface area (Å²) >= 11 is 0.